The Hall–Kier alpha value is -0.610. The number of likely N-dealkylation sites (N-methyl/N-ethyl adjacent to an activating group) is 1. The zero-order valence-corrected chi connectivity index (χ0v) is 12.9. The third-order valence-electron chi connectivity index (χ3n) is 3.64. The largest absolute Gasteiger partial charge is 0.459 e. The summed E-state index contributed by atoms with van der Waals surface area (Å²) in [7, 11) is 2.13. The highest BCUT2D eigenvalue weighted by Crippen LogP contribution is 2.21. The number of nitrogens with zero attached hydrogens (tertiary/aromatic N) is 2. The van der Waals surface area contributed by atoms with Crippen molar-refractivity contribution in [3.05, 3.63) is 0 Å². The summed E-state index contributed by atoms with van der Waals surface area (Å²) in [6.45, 7) is 14.9. The molecule has 1 fully saturated rings. The molecule has 106 valence electrons. The summed E-state index contributed by atoms with van der Waals surface area (Å²) in [6, 6.07) is -0.169. The van der Waals surface area contributed by atoms with Gasteiger partial charge >= 0.3 is 5.97 Å². The van der Waals surface area contributed by atoms with Crippen LogP contribution in [0.5, 0.6) is 0 Å². The maximum Gasteiger partial charge on any atom is 0.323 e. The molecule has 4 nitrogen and oxygen atoms in total. The Balaban J connectivity index is 2.63. The van der Waals surface area contributed by atoms with Crippen molar-refractivity contribution in [2.24, 2.45) is 0 Å². The van der Waals surface area contributed by atoms with Crippen LogP contribution >= 0.6 is 0 Å². The quantitative estimate of drug-likeness (QED) is 0.705. The highest BCUT2D eigenvalue weighted by Gasteiger charge is 2.36. The van der Waals surface area contributed by atoms with E-state index in [4.69, 9.17) is 4.74 Å². The van der Waals surface area contributed by atoms with Crippen LogP contribution in [0.4, 0.5) is 0 Å². The topological polar surface area (TPSA) is 32.8 Å². The second-order valence-corrected chi connectivity index (χ2v) is 6.91. The number of ether oxygens (including phenoxy) is 1. The average Bonchev–Trinajstić information content (AvgIpc) is 2.18. The first kappa shape index (κ1) is 15.4. The Morgan fingerprint density at radius 3 is 2.28 bits per heavy atom. The van der Waals surface area contributed by atoms with Crippen LogP contribution in [-0.4, -0.2) is 59.6 Å². The van der Waals surface area contributed by atoms with Gasteiger partial charge in [0.2, 0.25) is 0 Å². The fourth-order valence-corrected chi connectivity index (χ4v) is 2.14. The van der Waals surface area contributed by atoms with Crippen molar-refractivity contribution in [2.75, 3.05) is 26.7 Å². The van der Waals surface area contributed by atoms with Crippen LogP contribution in [0, 0.1) is 0 Å². The molecule has 1 rings (SSSR count). The van der Waals surface area contributed by atoms with Crippen molar-refractivity contribution in [3.8, 4) is 0 Å². The van der Waals surface area contributed by atoms with Gasteiger partial charge in [-0.05, 0) is 48.6 Å². The Kier molecular flexibility index (Phi) is 4.44. The Morgan fingerprint density at radius 2 is 1.83 bits per heavy atom. The van der Waals surface area contributed by atoms with Gasteiger partial charge in [0.25, 0.3) is 0 Å². The molecule has 1 heterocycles. The van der Waals surface area contributed by atoms with E-state index < -0.39 is 5.60 Å². The minimum absolute atomic E-state index is 0.106. The minimum atomic E-state index is -0.409. The van der Waals surface area contributed by atoms with Gasteiger partial charge in [0.15, 0.2) is 0 Å². The van der Waals surface area contributed by atoms with Crippen molar-refractivity contribution in [3.63, 3.8) is 0 Å². The summed E-state index contributed by atoms with van der Waals surface area (Å²) >= 11 is 0. The van der Waals surface area contributed by atoms with E-state index in [0.29, 0.717) is 0 Å². The number of hydrogen-bond acceptors (Lipinski definition) is 4. The molecule has 0 bridgehead atoms. The molecule has 0 radical (unpaired) electrons. The fourth-order valence-electron chi connectivity index (χ4n) is 2.14. The summed E-state index contributed by atoms with van der Waals surface area (Å²) in [6.07, 6.45) is 0. The summed E-state index contributed by atoms with van der Waals surface area (Å²) in [4.78, 5) is 16.6. The van der Waals surface area contributed by atoms with Crippen LogP contribution in [0.25, 0.3) is 0 Å². The maximum atomic E-state index is 12.1. The Morgan fingerprint density at radius 1 is 1.28 bits per heavy atom. The lowest BCUT2D eigenvalue weighted by Crippen LogP contribution is -2.60. The average molecular weight is 256 g/mol. The third-order valence-corrected chi connectivity index (χ3v) is 3.64. The molecule has 1 saturated heterocycles. The van der Waals surface area contributed by atoms with E-state index in [9.17, 15) is 4.79 Å². The monoisotopic (exact) mass is 256 g/mol. The highest BCUT2D eigenvalue weighted by molar-refractivity contribution is 5.75. The van der Waals surface area contributed by atoms with Crippen molar-refractivity contribution in [1.82, 2.24) is 9.80 Å². The van der Waals surface area contributed by atoms with E-state index in [1.807, 2.05) is 27.7 Å². The first-order valence-corrected chi connectivity index (χ1v) is 6.71. The van der Waals surface area contributed by atoms with Gasteiger partial charge in [-0.3, -0.25) is 14.6 Å². The van der Waals surface area contributed by atoms with E-state index in [1.165, 1.54) is 0 Å². The number of piperazine rings is 1. The van der Waals surface area contributed by atoms with Crippen molar-refractivity contribution in [1.29, 1.82) is 0 Å². The maximum absolute atomic E-state index is 12.1. The highest BCUT2D eigenvalue weighted by atomic mass is 16.6. The molecular formula is C14H28N2O2. The van der Waals surface area contributed by atoms with Gasteiger partial charge in [-0.15, -0.1) is 0 Å². The summed E-state index contributed by atoms with van der Waals surface area (Å²) < 4.78 is 5.45. The van der Waals surface area contributed by atoms with Gasteiger partial charge in [0.05, 0.1) is 0 Å². The minimum Gasteiger partial charge on any atom is -0.459 e. The Bertz CT molecular complexity index is 307. The smallest absolute Gasteiger partial charge is 0.323 e. The van der Waals surface area contributed by atoms with E-state index in [-0.39, 0.29) is 17.6 Å². The summed E-state index contributed by atoms with van der Waals surface area (Å²) in [5, 5.41) is 0. The molecule has 0 aromatic heterocycles. The van der Waals surface area contributed by atoms with Crippen molar-refractivity contribution < 1.29 is 9.53 Å². The molecular weight excluding hydrogens is 228 g/mol. The van der Waals surface area contributed by atoms with Gasteiger partial charge in [-0.2, -0.15) is 0 Å². The second-order valence-electron chi connectivity index (χ2n) is 6.91. The van der Waals surface area contributed by atoms with Crippen LogP contribution < -0.4 is 0 Å². The molecule has 0 aromatic carbocycles. The van der Waals surface area contributed by atoms with Gasteiger partial charge in [-0.1, -0.05) is 0 Å². The van der Waals surface area contributed by atoms with Gasteiger partial charge in [0, 0.05) is 25.2 Å². The number of rotatable bonds is 2. The number of carbonyl (C=O) groups excluding carboxylic acids is 1. The zero-order chi connectivity index (χ0) is 14.1. The van der Waals surface area contributed by atoms with Gasteiger partial charge in [-0.25, -0.2) is 0 Å². The Labute approximate surface area is 111 Å². The van der Waals surface area contributed by atoms with E-state index in [1.54, 1.807) is 0 Å². The van der Waals surface area contributed by atoms with Crippen molar-refractivity contribution in [2.45, 2.75) is 58.7 Å². The first-order valence-electron chi connectivity index (χ1n) is 6.71. The molecule has 1 aliphatic rings. The van der Waals surface area contributed by atoms with E-state index >= 15 is 0 Å². The molecule has 0 aromatic rings. The fraction of sp³-hybridized carbons (Fsp3) is 0.929. The van der Waals surface area contributed by atoms with Crippen LogP contribution in [0.3, 0.4) is 0 Å². The lowest BCUT2D eigenvalue weighted by atomic mass is 9.98. The predicted molar refractivity (Wildman–Crippen MR) is 73.6 cm³/mol. The van der Waals surface area contributed by atoms with Gasteiger partial charge in [0.1, 0.15) is 11.6 Å². The SMILES string of the molecule is CC(C(=O)OC(C)(C)C)N1CCN(C)C(C)(C)C1. The molecule has 1 atom stereocenters. The number of esters is 1. The third kappa shape index (κ3) is 3.95. The second kappa shape index (κ2) is 5.17. The zero-order valence-electron chi connectivity index (χ0n) is 12.9. The lowest BCUT2D eigenvalue weighted by Gasteiger charge is -2.46. The van der Waals surface area contributed by atoms with E-state index in [0.717, 1.165) is 19.6 Å². The standard InChI is InChI=1S/C14H28N2O2/c1-11(12(17)18-13(2,3)4)16-9-8-15(7)14(5,6)10-16/h11H,8-10H2,1-7H3. The molecule has 0 amide bonds. The molecule has 0 saturated carbocycles. The predicted octanol–water partition coefficient (Wildman–Crippen LogP) is 1.74. The molecule has 0 N–H and O–H groups in total. The number of carbonyl (C=O) groups is 1. The van der Waals surface area contributed by atoms with Crippen LogP contribution in [0.15, 0.2) is 0 Å². The molecule has 0 aliphatic carbocycles. The number of hydrogen-bond donors (Lipinski definition) is 0. The normalized spacial score (nSPS) is 23.7. The van der Waals surface area contributed by atoms with Crippen molar-refractivity contribution >= 4 is 5.97 Å². The molecule has 1 aliphatic heterocycles. The van der Waals surface area contributed by atoms with E-state index in [2.05, 4.69) is 30.7 Å². The lowest BCUT2D eigenvalue weighted by molar-refractivity contribution is -0.162. The molecule has 18 heavy (non-hydrogen) atoms. The van der Waals surface area contributed by atoms with Crippen LogP contribution in [0.2, 0.25) is 0 Å². The molecule has 0 spiro atoms. The van der Waals surface area contributed by atoms with Gasteiger partial charge < -0.3 is 4.74 Å². The van der Waals surface area contributed by atoms with Crippen LogP contribution in [-0.2, 0) is 9.53 Å². The first-order chi connectivity index (χ1) is 8.03. The summed E-state index contributed by atoms with van der Waals surface area (Å²) in [5.74, 6) is -0.122. The molecule has 4 heteroatoms. The molecule has 1 unspecified atom stereocenters. The van der Waals surface area contributed by atoms with Crippen LogP contribution in [0.1, 0.15) is 41.5 Å². The summed E-state index contributed by atoms with van der Waals surface area (Å²) in [5.41, 5.74) is -0.304.